The van der Waals surface area contributed by atoms with Crippen LogP contribution in [0.1, 0.15) is 50.1 Å². The Morgan fingerprint density at radius 1 is 0.484 bits per heavy atom. The van der Waals surface area contributed by atoms with E-state index in [1.54, 1.807) is 0 Å². The zero-order chi connectivity index (χ0) is 41.2. The van der Waals surface area contributed by atoms with Gasteiger partial charge in [-0.05, 0) is 120 Å². The second kappa shape index (κ2) is 14.5. The lowest BCUT2D eigenvalue weighted by Crippen LogP contribution is -2.26. The van der Waals surface area contributed by atoms with Crippen LogP contribution < -0.4 is 9.80 Å². The molecule has 0 aromatic heterocycles. The minimum absolute atomic E-state index is 0.479. The highest BCUT2D eigenvalue weighted by Gasteiger charge is 2.52. The predicted octanol–water partition coefficient (Wildman–Crippen LogP) is 14.8. The van der Waals surface area contributed by atoms with Gasteiger partial charge in [-0.3, -0.25) is 0 Å². The van der Waals surface area contributed by atoms with Crippen molar-refractivity contribution in [2.75, 3.05) is 16.3 Å². The van der Waals surface area contributed by atoms with Crippen molar-refractivity contribution in [2.24, 2.45) is 0 Å². The van der Waals surface area contributed by atoms with Crippen LogP contribution in [0, 0.1) is 0 Å². The zero-order valence-corrected chi connectivity index (χ0v) is 34.5. The Labute approximate surface area is 364 Å². The molecule has 0 unspecified atom stereocenters. The molecule has 0 atom stereocenters. The maximum atomic E-state index is 4.08. The van der Waals surface area contributed by atoms with E-state index >= 15 is 0 Å². The highest BCUT2D eigenvalue weighted by molar-refractivity contribution is 5.97. The van der Waals surface area contributed by atoms with Crippen LogP contribution in [0.3, 0.4) is 0 Å². The molecule has 1 spiro atoms. The number of benzene rings is 8. The summed E-state index contributed by atoms with van der Waals surface area (Å²) in [4.78, 5) is 4.92. The molecule has 0 radical (unpaired) electrons. The molecule has 8 aromatic rings. The maximum absolute atomic E-state index is 4.08. The lowest BCUT2D eigenvalue weighted by Gasteiger charge is -2.35. The molecule has 0 bridgehead atoms. The van der Waals surface area contributed by atoms with Gasteiger partial charge >= 0.3 is 0 Å². The average molecular weight is 793 g/mol. The van der Waals surface area contributed by atoms with Gasteiger partial charge in [0.25, 0.3) is 0 Å². The van der Waals surface area contributed by atoms with E-state index in [1.807, 2.05) is 6.08 Å². The van der Waals surface area contributed by atoms with E-state index in [2.05, 4.69) is 229 Å². The number of para-hydroxylation sites is 4. The van der Waals surface area contributed by atoms with Gasteiger partial charge < -0.3 is 9.80 Å². The lowest BCUT2D eigenvalue weighted by molar-refractivity contribution is 0.793. The Kier molecular flexibility index (Phi) is 8.47. The van der Waals surface area contributed by atoms with E-state index in [4.69, 9.17) is 0 Å². The highest BCUT2D eigenvalue weighted by Crippen LogP contribution is 2.63. The minimum Gasteiger partial charge on any atom is -0.337 e. The van der Waals surface area contributed by atoms with Crippen LogP contribution in [0.4, 0.5) is 28.4 Å². The zero-order valence-electron chi connectivity index (χ0n) is 34.5. The Balaban J connectivity index is 0.954. The number of hydrogen-bond donors (Lipinski definition) is 0. The van der Waals surface area contributed by atoms with Crippen LogP contribution in [0.15, 0.2) is 225 Å². The minimum atomic E-state index is -0.479. The third-order valence-corrected chi connectivity index (χ3v) is 13.5. The number of nitrogens with zero attached hydrogens (tertiary/aromatic N) is 2. The van der Waals surface area contributed by atoms with Crippen molar-refractivity contribution in [1.29, 1.82) is 0 Å². The van der Waals surface area contributed by atoms with Crippen molar-refractivity contribution in [2.45, 2.75) is 18.3 Å². The van der Waals surface area contributed by atoms with Gasteiger partial charge in [-0.1, -0.05) is 183 Å². The van der Waals surface area contributed by atoms with Gasteiger partial charge in [0.15, 0.2) is 0 Å². The first-order chi connectivity index (χ1) is 30.7. The third kappa shape index (κ3) is 5.50. The largest absolute Gasteiger partial charge is 0.337 e. The second-order valence-electron chi connectivity index (χ2n) is 16.8. The molecule has 0 fully saturated rings. The van der Waals surface area contributed by atoms with Gasteiger partial charge in [0, 0.05) is 47.8 Å². The average Bonchev–Trinajstić information content (AvgIpc) is 3.79. The fraction of sp³-hybridized carbons (Fsp3) is 0.0667. The molecule has 2 aliphatic heterocycles. The standard InChI is InChI=1S/C60H44N2/c1-2-16-41(17-15-36-61-56-26-11-3-18-43(56)38-44-19-4-12-27-57(44)61)30-31-42-32-34-50-51-35-33-47(62-58-28-13-5-20-45(58)39-46-21-6-14-29-59(46)62)40-55(51)60(54(50)37-42)52-24-9-7-22-48(52)49-23-8-10-25-53(49)60/h2-35,37,40H,1,36,38-39H2. The maximum Gasteiger partial charge on any atom is 0.0726 e. The summed E-state index contributed by atoms with van der Waals surface area (Å²) in [6, 6.07) is 67.8. The van der Waals surface area contributed by atoms with Crippen molar-refractivity contribution in [3.63, 3.8) is 0 Å². The molecule has 294 valence electrons. The van der Waals surface area contributed by atoms with Crippen molar-refractivity contribution >= 4 is 34.5 Å². The molecule has 0 amide bonds. The summed E-state index contributed by atoms with van der Waals surface area (Å²) in [6.45, 7) is 4.85. The number of anilines is 5. The number of hydrogen-bond acceptors (Lipinski definition) is 2. The molecule has 2 aliphatic carbocycles. The van der Waals surface area contributed by atoms with Crippen molar-refractivity contribution in [3.8, 4) is 22.3 Å². The topological polar surface area (TPSA) is 6.48 Å². The van der Waals surface area contributed by atoms with E-state index in [-0.39, 0.29) is 0 Å². The van der Waals surface area contributed by atoms with Crippen LogP contribution >= 0.6 is 0 Å². The molecule has 2 heteroatoms. The Bertz CT molecular complexity index is 3080. The summed E-state index contributed by atoms with van der Waals surface area (Å²) in [5.41, 5.74) is 24.0. The molecule has 0 saturated heterocycles. The van der Waals surface area contributed by atoms with Gasteiger partial charge in [0.1, 0.15) is 0 Å². The second-order valence-corrected chi connectivity index (χ2v) is 16.8. The summed E-state index contributed by atoms with van der Waals surface area (Å²) in [5.74, 6) is 0. The first-order valence-electron chi connectivity index (χ1n) is 21.8. The van der Waals surface area contributed by atoms with Crippen LogP contribution in [0.5, 0.6) is 0 Å². The Morgan fingerprint density at radius 2 is 0.968 bits per heavy atom. The molecule has 2 heterocycles. The Morgan fingerprint density at radius 3 is 1.56 bits per heavy atom. The molecule has 0 N–H and O–H groups in total. The van der Waals surface area contributed by atoms with E-state index in [0.29, 0.717) is 0 Å². The van der Waals surface area contributed by atoms with Gasteiger partial charge in [0.2, 0.25) is 0 Å². The van der Waals surface area contributed by atoms with Crippen LogP contribution in [0.2, 0.25) is 0 Å². The highest BCUT2D eigenvalue weighted by atomic mass is 15.2. The molecule has 2 nitrogen and oxygen atoms in total. The normalized spacial score (nSPS) is 14.8. The fourth-order valence-electron chi connectivity index (χ4n) is 10.9. The summed E-state index contributed by atoms with van der Waals surface area (Å²) in [5, 5.41) is 0. The van der Waals surface area contributed by atoms with Gasteiger partial charge in [-0.2, -0.15) is 0 Å². The van der Waals surface area contributed by atoms with Crippen molar-refractivity contribution in [3.05, 3.63) is 275 Å². The van der Waals surface area contributed by atoms with Crippen LogP contribution in [-0.4, -0.2) is 6.54 Å². The number of allylic oxidation sites excluding steroid dienone is 5. The molecular weight excluding hydrogens is 749 g/mol. The van der Waals surface area contributed by atoms with Crippen molar-refractivity contribution < 1.29 is 0 Å². The molecule has 62 heavy (non-hydrogen) atoms. The monoisotopic (exact) mass is 792 g/mol. The summed E-state index contributed by atoms with van der Waals surface area (Å²) >= 11 is 0. The fourth-order valence-corrected chi connectivity index (χ4v) is 10.9. The van der Waals surface area contributed by atoms with Crippen LogP contribution in [-0.2, 0) is 18.3 Å². The SMILES string of the molecule is C=CC=C(C=CCN1c2ccccc2Cc2ccccc21)C=Cc1ccc2c(c1)C1(c3ccccc3-c3ccccc31)c1cc(N3c4ccccc4Cc4ccccc43)ccc1-2. The summed E-state index contributed by atoms with van der Waals surface area (Å²) < 4.78 is 0. The molecule has 0 saturated carbocycles. The predicted molar refractivity (Wildman–Crippen MR) is 259 cm³/mol. The van der Waals surface area contributed by atoms with E-state index in [9.17, 15) is 0 Å². The quantitative estimate of drug-likeness (QED) is 0.148. The smallest absolute Gasteiger partial charge is 0.0726 e. The first kappa shape index (κ1) is 36.2. The van der Waals surface area contributed by atoms with E-state index in [0.717, 1.165) is 25.0 Å². The number of rotatable bonds is 7. The molecule has 12 rings (SSSR count). The third-order valence-electron chi connectivity index (χ3n) is 13.5. The van der Waals surface area contributed by atoms with E-state index in [1.165, 1.54) is 101 Å². The summed E-state index contributed by atoms with van der Waals surface area (Å²) in [6.07, 6.45) is 14.9. The molecule has 8 aromatic carbocycles. The summed E-state index contributed by atoms with van der Waals surface area (Å²) in [7, 11) is 0. The van der Waals surface area contributed by atoms with Crippen LogP contribution in [0.25, 0.3) is 28.3 Å². The first-order valence-corrected chi connectivity index (χ1v) is 21.8. The molecular formula is C60H44N2. The van der Waals surface area contributed by atoms with Gasteiger partial charge in [-0.25, -0.2) is 0 Å². The lowest BCUT2D eigenvalue weighted by atomic mass is 9.70. The van der Waals surface area contributed by atoms with Gasteiger partial charge in [-0.15, -0.1) is 0 Å². The van der Waals surface area contributed by atoms with Crippen molar-refractivity contribution in [1.82, 2.24) is 0 Å². The van der Waals surface area contributed by atoms with Gasteiger partial charge in [0.05, 0.1) is 5.41 Å². The molecule has 4 aliphatic rings. The number of fused-ring (bicyclic) bond motifs is 14. The Hall–Kier alpha value is -7.68. The van der Waals surface area contributed by atoms with E-state index < -0.39 is 5.41 Å².